The summed E-state index contributed by atoms with van der Waals surface area (Å²) in [7, 11) is 0. The van der Waals surface area contributed by atoms with E-state index in [0.717, 1.165) is 35.5 Å². The molecule has 0 bridgehead atoms. The van der Waals surface area contributed by atoms with Gasteiger partial charge in [-0.2, -0.15) is 0 Å². The number of rotatable bonds is 7. The Balaban J connectivity index is 1.23. The molecule has 0 saturated carbocycles. The van der Waals surface area contributed by atoms with Crippen molar-refractivity contribution in [2.24, 2.45) is 0 Å². The fourth-order valence-electron chi connectivity index (χ4n) is 3.81. The van der Waals surface area contributed by atoms with Crippen LogP contribution in [0.5, 0.6) is 5.75 Å². The molecule has 8 nitrogen and oxygen atoms in total. The van der Waals surface area contributed by atoms with Crippen LogP contribution in [-0.2, 0) is 24.1 Å². The number of carbonyl (C=O) groups excluding carboxylic acids is 1. The summed E-state index contributed by atoms with van der Waals surface area (Å²) >= 11 is 0. The van der Waals surface area contributed by atoms with Crippen LogP contribution in [0.25, 0.3) is 0 Å². The van der Waals surface area contributed by atoms with E-state index >= 15 is 0 Å². The van der Waals surface area contributed by atoms with E-state index in [1.54, 1.807) is 17.2 Å². The van der Waals surface area contributed by atoms with Crippen LogP contribution in [0.4, 0.5) is 10.6 Å². The first-order chi connectivity index (χ1) is 16.5. The lowest BCUT2D eigenvalue weighted by atomic mass is 10.1. The quantitative estimate of drug-likeness (QED) is 0.576. The molecular weight excluding hydrogens is 432 g/mol. The summed E-state index contributed by atoms with van der Waals surface area (Å²) in [5, 5.41) is 8.87. The van der Waals surface area contributed by atoms with E-state index < -0.39 is 5.97 Å². The average Bonchev–Trinajstić information content (AvgIpc) is 2.85. The van der Waals surface area contributed by atoms with Gasteiger partial charge in [-0.05, 0) is 60.7 Å². The molecule has 1 aromatic carbocycles. The lowest BCUT2D eigenvalue weighted by Gasteiger charge is -2.34. The normalized spacial score (nSPS) is 13.6. The minimum absolute atomic E-state index is 0.0438. The highest BCUT2D eigenvalue weighted by molar-refractivity contribution is 5.71. The fraction of sp³-hybridized carbons (Fsp3) is 0.308. The van der Waals surface area contributed by atoms with E-state index in [1.165, 1.54) is 0 Å². The van der Waals surface area contributed by atoms with Crippen LogP contribution in [-0.4, -0.2) is 58.2 Å². The van der Waals surface area contributed by atoms with Crippen molar-refractivity contribution in [3.05, 3.63) is 83.3 Å². The number of aromatic nitrogens is 2. The topological polar surface area (TPSA) is 95.9 Å². The van der Waals surface area contributed by atoms with Gasteiger partial charge in [-0.3, -0.25) is 9.78 Å². The maximum Gasteiger partial charge on any atom is 0.415 e. The summed E-state index contributed by atoms with van der Waals surface area (Å²) in [5.74, 6) is 0.426. The van der Waals surface area contributed by atoms with Gasteiger partial charge in [0, 0.05) is 44.3 Å². The first kappa shape index (κ1) is 23.2. The van der Waals surface area contributed by atoms with Crippen LogP contribution in [0.3, 0.4) is 0 Å². The molecular formula is C26H28N4O4. The summed E-state index contributed by atoms with van der Waals surface area (Å²) in [6.07, 6.45) is 4.80. The summed E-state index contributed by atoms with van der Waals surface area (Å²) in [6, 6.07) is 15.3. The lowest BCUT2D eigenvalue weighted by Crippen LogP contribution is -2.49. The molecule has 1 fully saturated rings. The van der Waals surface area contributed by atoms with Gasteiger partial charge in [0.1, 0.15) is 11.6 Å². The van der Waals surface area contributed by atoms with E-state index in [4.69, 9.17) is 9.84 Å². The number of nitrogens with zero attached hydrogens (tertiary/aromatic N) is 4. The number of piperazine rings is 1. The molecule has 0 aliphatic carbocycles. The van der Waals surface area contributed by atoms with Crippen LogP contribution < -0.4 is 9.64 Å². The largest absolute Gasteiger partial charge is 0.481 e. The summed E-state index contributed by atoms with van der Waals surface area (Å²) in [4.78, 5) is 36.0. The molecule has 3 aromatic rings. The van der Waals surface area contributed by atoms with Crippen LogP contribution >= 0.6 is 0 Å². The number of anilines is 1. The predicted molar refractivity (Wildman–Crippen MR) is 128 cm³/mol. The van der Waals surface area contributed by atoms with Crippen molar-refractivity contribution in [2.75, 3.05) is 31.1 Å². The van der Waals surface area contributed by atoms with Gasteiger partial charge in [0.05, 0.1) is 6.42 Å². The van der Waals surface area contributed by atoms with Gasteiger partial charge in [0.2, 0.25) is 0 Å². The molecule has 3 heterocycles. The molecule has 2 aromatic heterocycles. The first-order valence-electron chi connectivity index (χ1n) is 11.4. The SMILES string of the molecule is Cc1ccc(CCc2ccc(OC(=O)N3CCN(c4ccc(CC(=O)O)cn4)CC3)cc2)nc1. The second kappa shape index (κ2) is 10.8. The second-order valence-corrected chi connectivity index (χ2v) is 8.41. The third kappa shape index (κ3) is 6.31. The zero-order chi connectivity index (χ0) is 23.9. The van der Waals surface area contributed by atoms with Gasteiger partial charge >= 0.3 is 12.1 Å². The Hall–Kier alpha value is -3.94. The Morgan fingerprint density at radius 2 is 1.62 bits per heavy atom. The monoisotopic (exact) mass is 460 g/mol. The molecule has 34 heavy (non-hydrogen) atoms. The molecule has 4 rings (SSSR count). The van der Waals surface area contributed by atoms with E-state index in [1.807, 2.05) is 43.5 Å². The number of benzene rings is 1. The highest BCUT2D eigenvalue weighted by Gasteiger charge is 2.23. The molecule has 1 aliphatic heterocycles. The zero-order valence-electron chi connectivity index (χ0n) is 19.2. The van der Waals surface area contributed by atoms with Crippen molar-refractivity contribution in [3.8, 4) is 5.75 Å². The fourth-order valence-corrected chi connectivity index (χ4v) is 3.81. The number of aliphatic carboxylic acids is 1. The van der Waals surface area contributed by atoms with E-state index in [0.29, 0.717) is 37.5 Å². The van der Waals surface area contributed by atoms with Crippen LogP contribution in [0.2, 0.25) is 0 Å². The Morgan fingerprint density at radius 3 is 2.24 bits per heavy atom. The summed E-state index contributed by atoms with van der Waals surface area (Å²) < 4.78 is 5.56. The number of carbonyl (C=O) groups is 2. The number of ether oxygens (including phenoxy) is 1. The maximum absolute atomic E-state index is 12.6. The number of pyridine rings is 2. The van der Waals surface area contributed by atoms with Crippen molar-refractivity contribution in [3.63, 3.8) is 0 Å². The maximum atomic E-state index is 12.6. The first-order valence-corrected chi connectivity index (χ1v) is 11.4. The second-order valence-electron chi connectivity index (χ2n) is 8.41. The van der Waals surface area contributed by atoms with Gasteiger partial charge in [0.15, 0.2) is 0 Å². The number of hydrogen-bond donors (Lipinski definition) is 1. The standard InChI is InChI=1S/C26H28N4O4/c1-19-2-7-22(27-17-19)8-3-20-4-9-23(10-5-20)34-26(33)30-14-12-29(13-15-30)24-11-6-21(18-28-24)16-25(31)32/h2,4-7,9-11,17-18H,3,8,12-16H2,1H3,(H,31,32). The Bertz CT molecular complexity index is 1110. The van der Waals surface area contributed by atoms with Crippen molar-refractivity contribution in [1.82, 2.24) is 14.9 Å². The summed E-state index contributed by atoms with van der Waals surface area (Å²) in [6.45, 7) is 4.34. The zero-order valence-corrected chi connectivity index (χ0v) is 19.2. The van der Waals surface area contributed by atoms with Crippen molar-refractivity contribution < 1.29 is 19.4 Å². The van der Waals surface area contributed by atoms with Crippen LogP contribution in [0.15, 0.2) is 60.9 Å². The van der Waals surface area contributed by atoms with Gasteiger partial charge in [-0.25, -0.2) is 9.78 Å². The van der Waals surface area contributed by atoms with Gasteiger partial charge in [0.25, 0.3) is 0 Å². The highest BCUT2D eigenvalue weighted by atomic mass is 16.6. The third-order valence-electron chi connectivity index (χ3n) is 5.80. The number of amides is 1. The molecule has 1 saturated heterocycles. The Labute approximate surface area is 198 Å². The van der Waals surface area contributed by atoms with E-state index in [-0.39, 0.29) is 12.5 Å². The molecule has 0 spiro atoms. The van der Waals surface area contributed by atoms with Crippen LogP contribution in [0, 0.1) is 6.92 Å². The van der Waals surface area contributed by atoms with Crippen molar-refractivity contribution >= 4 is 17.9 Å². The highest BCUT2D eigenvalue weighted by Crippen LogP contribution is 2.18. The Kier molecular flexibility index (Phi) is 7.37. The summed E-state index contributed by atoms with van der Waals surface area (Å²) in [5.41, 5.74) is 4.04. The number of hydrogen-bond acceptors (Lipinski definition) is 6. The molecule has 0 radical (unpaired) electrons. The molecule has 176 valence electrons. The predicted octanol–water partition coefficient (Wildman–Crippen LogP) is 3.52. The Morgan fingerprint density at radius 1 is 0.882 bits per heavy atom. The lowest BCUT2D eigenvalue weighted by molar-refractivity contribution is -0.136. The van der Waals surface area contributed by atoms with Gasteiger partial charge in [-0.1, -0.05) is 24.3 Å². The minimum atomic E-state index is -0.879. The number of aryl methyl sites for hydroxylation is 3. The molecule has 0 atom stereocenters. The smallest absolute Gasteiger partial charge is 0.415 e. The minimum Gasteiger partial charge on any atom is -0.481 e. The van der Waals surface area contributed by atoms with E-state index in [2.05, 4.69) is 27.0 Å². The molecule has 8 heteroatoms. The molecule has 1 aliphatic rings. The van der Waals surface area contributed by atoms with Crippen molar-refractivity contribution in [2.45, 2.75) is 26.2 Å². The number of carboxylic acids is 1. The third-order valence-corrected chi connectivity index (χ3v) is 5.80. The van der Waals surface area contributed by atoms with Crippen molar-refractivity contribution in [1.29, 1.82) is 0 Å². The molecule has 1 amide bonds. The number of carboxylic acid groups (broad SMARTS) is 1. The van der Waals surface area contributed by atoms with Crippen LogP contribution in [0.1, 0.15) is 22.4 Å². The average molecular weight is 461 g/mol. The molecule has 1 N–H and O–H groups in total. The van der Waals surface area contributed by atoms with E-state index in [9.17, 15) is 9.59 Å². The molecule has 0 unspecified atom stereocenters. The van der Waals surface area contributed by atoms with Gasteiger partial charge in [-0.15, -0.1) is 0 Å². The van der Waals surface area contributed by atoms with Gasteiger partial charge < -0.3 is 19.6 Å².